The van der Waals surface area contributed by atoms with Gasteiger partial charge in [0.2, 0.25) is 0 Å². The molecule has 0 saturated carbocycles. The third-order valence-corrected chi connectivity index (χ3v) is 5.27. The van der Waals surface area contributed by atoms with Crippen molar-refractivity contribution in [1.82, 2.24) is 0 Å². The lowest BCUT2D eigenvalue weighted by atomic mass is 9.81. The lowest BCUT2D eigenvalue weighted by molar-refractivity contribution is -0.146. The van der Waals surface area contributed by atoms with Gasteiger partial charge in [-0.2, -0.15) is 5.26 Å². The highest BCUT2D eigenvalue weighted by Crippen LogP contribution is 2.43. The molecule has 0 spiro atoms. The molecule has 2 rings (SSSR count). The summed E-state index contributed by atoms with van der Waals surface area (Å²) in [6.07, 6.45) is 1.92. The first-order chi connectivity index (χ1) is 11.9. The van der Waals surface area contributed by atoms with E-state index in [0.717, 1.165) is 24.0 Å². The minimum atomic E-state index is -0.282. The van der Waals surface area contributed by atoms with Crippen molar-refractivity contribution in [3.05, 3.63) is 34.9 Å². The molecule has 0 aliphatic heterocycles. The van der Waals surface area contributed by atoms with Crippen LogP contribution in [-0.4, -0.2) is 25.8 Å². The van der Waals surface area contributed by atoms with E-state index >= 15 is 0 Å². The molecule has 1 aliphatic rings. The van der Waals surface area contributed by atoms with Crippen LogP contribution in [0.4, 0.5) is 0 Å². The minimum Gasteiger partial charge on any atom is -0.466 e. The Labute approximate surface area is 151 Å². The quantitative estimate of drug-likeness (QED) is 0.700. The number of methoxy groups -OCH3 is 1. The summed E-state index contributed by atoms with van der Waals surface area (Å²) in [5.74, 6) is 0.503. The molecular weight excluding hydrogens is 314 g/mol. The van der Waals surface area contributed by atoms with Crippen LogP contribution in [0.5, 0.6) is 0 Å². The second kappa shape index (κ2) is 8.49. The molecule has 0 bridgehead atoms. The van der Waals surface area contributed by atoms with Crippen molar-refractivity contribution in [3.63, 3.8) is 0 Å². The Hall–Kier alpha value is -1.86. The Kier molecular flexibility index (Phi) is 6.61. The molecule has 0 saturated heterocycles. The van der Waals surface area contributed by atoms with E-state index in [2.05, 4.69) is 26.8 Å². The van der Waals surface area contributed by atoms with Gasteiger partial charge in [-0.3, -0.25) is 4.79 Å². The number of nitrogens with zero attached hydrogens (tertiary/aromatic N) is 1. The van der Waals surface area contributed by atoms with Crippen molar-refractivity contribution in [2.75, 3.05) is 13.7 Å². The summed E-state index contributed by atoms with van der Waals surface area (Å²) in [5, 5.41) is 9.19. The summed E-state index contributed by atoms with van der Waals surface area (Å²) < 4.78 is 11.0. The van der Waals surface area contributed by atoms with Crippen LogP contribution in [0.25, 0.3) is 0 Å². The second-order valence-corrected chi connectivity index (χ2v) is 7.38. The molecule has 1 aromatic carbocycles. The number of nitriles is 1. The number of esters is 1. The monoisotopic (exact) mass is 343 g/mol. The van der Waals surface area contributed by atoms with Crippen molar-refractivity contribution < 1.29 is 14.3 Å². The highest BCUT2D eigenvalue weighted by atomic mass is 16.5. The topological polar surface area (TPSA) is 59.3 Å². The molecule has 25 heavy (non-hydrogen) atoms. The van der Waals surface area contributed by atoms with Gasteiger partial charge in [0.25, 0.3) is 0 Å². The van der Waals surface area contributed by atoms with E-state index in [1.54, 1.807) is 7.11 Å². The van der Waals surface area contributed by atoms with Crippen LogP contribution in [0, 0.1) is 29.1 Å². The molecule has 0 radical (unpaired) electrons. The fourth-order valence-corrected chi connectivity index (χ4v) is 4.34. The minimum absolute atomic E-state index is 0.168. The molecule has 1 aliphatic carbocycles. The fraction of sp³-hybridized carbons (Fsp3) is 0.619. The third-order valence-electron chi connectivity index (χ3n) is 5.27. The Morgan fingerprint density at radius 1 is 1.36 bits per heavy atom. The maximum atomic E-state index is 12.6. The summed E-state index contributed by atoms with van der Waals surface area (Å²) in [6, 6.07) is 7.85. The normalized spacial score (nSPS) is 21.5. The Morgan fingerprint density at radius 2 is 2.08 bits per heavy atom. The summed E-state index contributed by atoms with van der Waals surface area (Å²) in [7, 11) is 1.76. The van der Waals surface area contributed by atoms with E-state index in [9.17, 15) is 10.1 Å². The number of hydrogen-bond acceptors (Lipinski definition) is 4. The Bertz CT molecular complexity index is 647. The summed E-state index contributed by atoms with van der Waals surface area (Å²) in [4.78, 5) is 12.6. The highest BCUT2D eigenvalue weighted by molar-refractivity contribution is 5.80. The zero-order valence-electron chi connectivity index (χ0n) is 15.9. The first-order valence-electron chi connectivity index (χ1n) is 9.15. The maximum Gasteiger partial charge on any atom is 0.313 e. The number of rotatable bonds is 7. The van der Waals surface area contributed by atoms with Gasteiger partial charge in [-0.1, -0.05) is 26.8 Å². The average Bonchev–Trinajstić information content (AvgIpc) is 2.91. The van der Waals surface area contributed by atoms with Gasteiger partial charge >= 0.3 is 5.97 Å². The van der Waals surface area contributed by atoms with E-state index in [1.807, 2.05) is 25.1 Å². The van der Waals surface area contributed by atoms with E-state index in [-0.39, 0.29) is 23.9 Å². The van der Waals surface area contributed by atoms with Gasteiger partial charge in [0.1, 0.15) is 0 Å². The van der Waals surface area contributed by atoms with Gasteiger partial charge in [-0.25, -0.2) is 0 Å². The van der Waals surface area contributed by atoms with Crippen LogP contribution >= 0.6 is 0 Å². The van der Waals surface area contributed by atoms with Crippen LogP contribution in [0.1, 0.15) is 56.7 Å². The predicted molar refractivity (Wildman–Crippen MR) is 97.1 cm³/mol. The highest BCUT2D eigenvalue weighted by Gasteiger charge is 2.40. The molecule has 0 aromatic heterocycles. The van der Waals surface area contributed by atoms with Crippen molar-refractivity contribution in [3.8, 4) is 6.07 Å². The number of benzene rings is 1. The third kappa shape index (κ3) is 4.22. The number of hydrogen-bond donors (Lipinski definition) is 0. The van der Waals surface area contributed by atoms with E-state index in [4.69, 9.17) is 9.47 Å². The molecule has 0 heterocycles. The molecule has 4 nitrogen and oxygen atoms in total. The van der Waals surface area contributed by atoms with Gasteiger partial charge < -0.3 is 9.47 Å². The zero-order valence-corrected chi connectivity index (χ0v) is 15.9. The number of fused-ring (bicyclic) bond motifs is 1. The van der Waals surface area contributed by atoms with E-state index in [0.29, 0.717) is 24.0 Å². The maximum absolute atomic E-state index is 12.6. The molecule has 4 heteroatoms. The van der Waals surface area contributed by atoms with Crippen LogP contribution in [0.15, 0.2) is 18.2 Å². The largest absolute Gasteiger partial charge is 0.466 e. The number of ether oxygens (including phenoxy) is 2. The van der Waals surface area contributed by atoms with Gasteiger partial charge in [0.05, 0.1) is 30.3 Å². The Morgan fingerprint density at radius 3 is 2.64 bits per heavy atom. The SMILES string of the molecule is CCOC(=O)C1c2cc(C#N)ccc2CC1CC(C)[C@@H](OC)C(C)C. The second-order valence-electron chi connectivity index (χ2n) is 7.38. The first kappa shape index (κ1) is 19.5. The molecule has 0 amide bonds. The number of carbonyl (C=O) groups excluding carboxylic acids is 1. The molecule has 0 N–H and O–H groups in total. The molecule has 1 aromatic rings. The van der Waals surface area contributed by atoms with Crippen molar-refractivity contribution in [2.45, 2.75) is 52.6 Å². The van der Waals surface area contributed by atoms with Gasteiger partial charge in [-0.05, 0) is 60.8 Å². The fourth-order valence-electron chi connectivity index (χ4n) is 4.34. The van der Waals surface area contributed by atoms with Crippen LogP contribution in [-0.2, 0) is 20.7 Å². The van der Waals surface area contributed by atoms with E-state index < -0.39 is 0 Å². The average molecular weight is 343 g/mol. The summed E-state index contributed by atoms with van der Waals surface area (Å²) in [6.45, 7) is 8.72. The molecule has 0 fully saturated rings. The van der Waals surface area contributed by atoms with E-state index in [1.165, 1.54) is 0 Å². The van der Waals surface area contributed by atoms with Crippen molar-refractivity contribution >= 4 is 5.97 Å². The van der Waals surface area contributed by atoms with Crippen LogP contribution < -0.4 is 0 Å². The number of carbonyl (C=O) groups is 1. The predicted octanol–water partition coefficient (Wildman–Crippen LogP) is 4.07. The Balaban J connectivity index is 2.28. The van der Waals surface area contributed by atoms with Gasteiger partial charge in [-0.15, -0.1) is 0 Å². The van der Waals surface area contributed by atoms with Gasteiger partial charge in [0.15, 0.2) is 0 Å². The van der Waals surface area contributed by atoms with Gasteiger partial charge in [0, 0.05) is 7.11 Å². The lowest BCUT2D eigenvalue weighted by Crippen LogP contribution is -2.30. The standard InChI is InChI=1S/C21H29NO3/c1-6-25-21(23)19-17(9-14(4)20(24-5)13(2)3)11-16-8-7-15(12-22)10-18(16)19/h7-8,10,13-14,17,19-20H,6,9,11H2,1-5H3/t14?,17?,19?,20-/m0/s1. The molecule has 136 valence electrons. The molecule has 3 unspecified atom stereocenters. The van der Waals surface area contributed by atoms with Crippen molar-refractivity contribution in [2.24, 2.45) is 17.8 Å². The molecular formula is C21H29NO3. The van der Waals surface area contributed by atoms with Crippen LogP contribution in [0.2, 0.25) is 0 Å². The van der Waals surface area contributed by atoms with Crippen molar-refractivity contribution in [1.29, 1.82) is 5.26 Å². The molecule has 4 atom stereocenters. The van der Waals surface area contributed by atoms with Crippen LogP contribution in [0.3, 0.4) is 0 Å². The summed E-state index contributed by atoms with van der Waals surface area (Å²) >= 11 is 0. The first-order valence-corrected chi connectivity index (χ1v) is 9.15. The lowest BCUT2D eigenvalue weighted by Gasteiger charge is -2.29. The smallest absolute Gasteiger partial charge is 0.313 e. The zero-order chi connectivity index (χ0) is 18.6. The summed E-state index contributed by atoms with van der Waals surface area (Å²) in [5.41, 5.74) is 2.72.